The van der Waals surface area contributed by atoms with Gasteiger partial charge in [-0.25, -0.2) is 15.0 Å². The molecule has 64 heavy (non-hydrogen) atoms. The van der Waals surface area contributed by atoms with Crippen molar-refractivity contribution >= 4 is 77.2 Å². The van der Waals surface area contributed by atoms with Gasteiger partial charge in [0.2, 0.25) is 0 Å². The Morgan fingerprint density at radius 3 is 1.58 bits per heavy atom. The highest BCUT2D eigenvalue weighted by molar-refractivity contribution is 7.17. The van der Waals surface area contributed by atoms with Crippen LogP contribution in [-0.2, 0) is 0 Å². The van der Waals surface area contributed by atoms with Crippen molar-refractivity contribution in [2.24, 2.45) is 5.92 Å². The molecule has 0 N–H and O–H groups in total. The quantitative estimate of drug-likeness (QED) is 0.168. The average Bonchev–Trinajstić information content (AvgIpc) is 4.00. The third-order valence-electron chi connectivity index (χ3n) is 13.1. The van der Waals surface area contributed by atoms with E-state index in [0.29, 0.717) is 23.4 Å². The molecule has 8 aromatic carbocycles. The number of para-hydroxylation sites is 3. The summed E-state index contributed by atoms with van der Waals surface area (Å²) in [6.45, 7) is 2.36. The Bertz CT molecular complexity index is 3860. The average molecular weight is 838 g/mol. The predicted octanol–water partition coefficient (Wildman–Crippen LogP) is 13.3. The van der Waals surface area contributed by atoms with Crippen LogP contribution in [0.3, 0.4) is 0 Å². The Balaban J connectivity index is 0.931. The maximum atomic E-state index is 5.03. The van der Waals surface area contributed by atoms with E-state index in [9.17, 15) is 0 Å². The number of fused-ring (bicyclic) bond motifs is 9. The van der Waals surface area contributed by atoms with Crippen molar-refractivity contribution in [3.8, 4) is 45.5 Å². The Kier molecular flexibility index (Phi) is 8.36. The molecule has 0 saturated heterocycles. The van der Waals surface area contributed by atoms with Crippen LogP contribution in [0.4, 0.5) is 0 Å². The van der Waals surface area contributed by atoms with Gasteiger partial charge in [0.1, 0.15) is 0 Å². The Labute approximate surface area is 373 Å². The minimum absolute atomic E-state index is 0.212. The molecule has 0 fully saturated rings. The molecule has 4 heterocycles. The second kappa shape index (κ2) is 14.6. The van der Waals surface area contributed by atoms with Crippen LogP contribution < -0.4 is 9.75 Å². The standard InChI is InChI=1S/C58H39N5S/c1-36-31-49-47-29-26-40(58-60-56(37-15-5-2-6-16-37)59-57(61-58)38-17-7-3-8-18-38)33-54(47)64-55(49)35-48(36)39-25-28-45-43-21-12-14-24-51(43)63(52(45)32-39)42-27-30-46-44-22-11-13-23-50(44)62(53(46)34-42)41-19-9-4-10-20-41/h2-36,48H,1H3. The zero-order chi connectivity index (χ0) is 42.3. The molecule has 0 saturated carbocycles. The third-order valence-corrected chi connectivity index (χ3v) is 14.2. The van der Waals surface area contributed by atoms with Gasteiger partial charge < -0.3 is 9.13 Å². The number of nitrogens with zero attached hydrogens (tertiary/aromatic N) is 5. The first-order chi connectivity index (χ1) is 31.6. The smallest absolute Gasteiger partial charge is 0.164 e. The first-order valence-corrected chi connectivity index (χ1v) is 22.7. The number of aromatic nitrogens is 5. The van der Waals surface area contributed by atoms with E-state index in [1.807, 2.05) is 47.7 Å². The van der Waals surface area contributed by atoms with Crippen molar-refractivity contribution in [2.75, 3.05) is 0 Å². The van der Waals surface area contributed by atoms with Gasteiger partial charge in [-0.1, -0.05) is 165 Å². The van der Waals surface area contributed by atoms with Gasteiger partial charge in [0.25, 0.3) is 0 Å². The highest BCUT2D eigenvalue weighted by Crippen LogP contribution is 2.39. The van der Waals surface area contributed by atoms with Gasteiger partial charge >= 0.3 is 0 Å². The number of hydrogen-bond donors (Lipinski definition) is 0. The van der Waals surface area contributed by atoms with Crippen LogP contribution in [-0.4, -0.2) is 24.1 Å². The summed E-state index contributed by atoms with van der Waals surface area (Å²) in [6.07, 6.45) is 4.99. The lowest BCUT2D eigenvalue weighted by Gasteiger charge is -2.21. The fraction of sp³-hybridized carbons (Fsp3) is 0.0517. The molecule has 4 aromatic heterocycles. The van der Waals surface area contributed by atoms with Crippen molar-refractivity contribution in [1.29, 1.82) is 0 Å². The minimum atomic E-state index is 0.212. The van der Waals surface area contributed by atoms with Crippen LogP contribution in [0.25, 0.3) is 111 Å². The first kappa shape index (κ1) is 36.7. The summed E-state index contributed by atoms with van der Waals surface area (Å²) in [5.74, 6) is 2.51. The topological polar surface area (TPSA) is 48.5 Å². The van der Waals surface area contributed by atoms with Crippen LogP contribution in [0.15, 0.2) is 194 Å². The summed E-state index contributed by atoms with van der Waals surface area (Å²) in [5, 5.41) is 7.61. The summed E-state index contributed by atoms with van der Waals surface area (Å²) >= 11 is 1.85. The summed E-state index contributed by atoms with van der Waals surface area (Å²) in [7, 11) is 0. The van der Waals surface area contributed by atoms with E-state index in [1.54, 1.807) is 0 Å². The lowest BCUT2D eigenvalue weighted by atomic mass is 9.83. The maximum Gasteiger partial charge on any atom is 0.164 e. The molecular weight excluding hydrogens is 799 g/mol. The number of thiophene rings is 1. The van der Waals surface area contributed by atoms with Crippen LogP contribution in [0.5, 0.6) is 0 Å². The zero-order valence-corrected chi connectivity index (χ0v) is 35.7. The monoisotopic (exact) mass is 837 g/mol. The molecule has 0 radical (unpaired) electrons. The maximum absolute atomic E-state index is 5.03. The third kappa shape index (κ3) is 5.87. The number of rotatable bonds is 6. The Hall–Kier alpha value is -7.93. The van der Waals surface area contributed by atoms with Crippen molar-refractivity contribution in [1.82, 2.24) is 24.1 Å². The molecule has 2 unspecified atom stereocenters. The zero-order valence-electron chi connectivity index (χ0n) is 34.9. The van der Waals surface area contributed by atoms with Gasteiger partial charge in [0.15, 0.2) is 17.5 Å². The molecular formula is C58H39N5S. The van der Waals surface area contributed by atoms with Gasteiger partial charge in [-0.15, -0.1) is 11.3 Å². The minimum Gasteiger partial charge on any atom is -0.309 e. The molecule has 0 bridgehead atoms. The Morgan fingerprint density at radius 2 is 0.922 bits per heavy atom. The van der Waals surface area contributed by atoms with Crippen molar-refractivity contribution in [2.45, 2.75) is 12.8 Å². The van der Waals surface area contributed by atoms with Crippen LogP contribution in [0.2, 0.25) is 0 Å². The molecule has 1 aliphatic carbocycles. The molecule has 2 atom stereocenters. The highest BCUT2D eigenvalue weighted by Gasteiger charge is 2.23. The second-order valence-electron chi connectivity index (χ2n) is 16.9. The van der Waals surface area contributed by atoms with E-state index in [0.717, 1.165) is 28.1 Å². The molecule has 0 amide bonds. The molecule has 12 aromatic rings. The molecule has 1 aliphatic rings. The van der Waals surface area contributed by atoms with Gasteiger partial charge in [-0.3, -0.25) is 0 Å². The van der Waals surface area contributed by atoms with E-state index in [4.69, 9.17) is 15.0 Å². The summed E-state index contributed by atoms with van der Waals surface area (Å²) in [6, 6.07) is 69.4. The molecule has 302 valence electrons. The lowest BCUT2D eigenvalue weighted by molar-refractivity contribution is 0.696. The molecule has 0 spiro atoms. The first-order valence-electron chi connectivity index (χ1n) is 21.9. The van der Waals surface area contributed by atoms with Crippen LogP contribution >= 0.6 is 11.3 Å². The molecule has 13 rings (SSSR count). The van der Waals surface area contributed by atoms with E-state index in [1.165, 1.54) is 69.0 Å². The number of hydrogen-bond acceptors (Lipinski definition) is 4. The predicted molar refractivity (Wildman–Crippen MR) is 267 cm³/mol. The fourth-order valence-electron chi connectivity index (χ4n) is 10.0. The number of benzene rings is 8. The van der Waals surface area contributed by atoms with E-state index in [2.05, 4.69) is 186 Å². The second-order valence-corrected chi connectivity index (χ2v) is 17.9. The van der Waals surface area contributed by atoms with Crippen molar-refractivity contribution in [3.05, 3.63) is 209 Å². The molecule has 0 aliphatic heterocycles. The summed E-state index contributed by atoms with van der Waals surface area (Å²) in [5.41, 5.74) is 11.4. The fourth-order valence-corrected chi connectivity index (χ4v) is 11.2. The van der Waals surface area contributed by atoms with Gasteiger partial charge in [-0.05, 0) is 65.2 Å². The summed E-state index contributed by atoms with van der Waals surface area (Å²) < 4.78 is 7.41. The lowest BCUT2D eigenvalue weighted by Crippen LogP contribution is -2.27. The Morgan fingerprint density at radius 1 is 0.406 bits per heavy atom. The highest BCUT2D eigenvalue weighted by atomic mass is 32.1. The van der Waals surface area contributed by atoms with Crippen molar-refractivity contribution < 1.29 is 0 Å². The normalized spacial score (nSPS) is 14.9. The van der Waals surface area contributed by atoms with Gasteiger partial charge in [0, 0.05) is 70.1 Å². The van der Waals surface area contributed by atoms with Crippen LogP contribution in [0.1, 0.15) is 18.4 Å². The SMILES string of the molecule is CC1C=c2c(sc3cc(-c4nc(-c5ccccc5)nc(-c5ccccc5)n4)ccc23)=CC1c1ccc2c3ccccc3n(-c3ccc4c5ccccc5n(-c5ccccc5)c4c3)c2c1. The van der Waals surface area contributed by atoms with Gasteiger partial charge in [-0.2, -0.15) is 0 Å². The largest absolute Gasteiger partial charge is 0.309 e. The van der Waals surface area contributed by atoms with Gasteiger partial charge in [0.05, 0.1) is 22.1 Å². The van der Waals surface area contributed by atoms with E-state index >= 15 is 0 Å². The van der Waals surface area contributed by atoms with Crippen LogP contribution in [0, 0.1) is 5.92 Å². The summed E-state index contributed by atoms with van der Waals surface area (Å²) in [4.78, 5) is 15.0. The van der Waals surface area contributed by atoms with E-state index in [-0.39, 0.29) is 5.92 Å². The van der Waals surface area contributed by atoms with E-state index < -0.39 is 0 Å². The van der Waals surface area contributed by atoms with Crippen molar-refractivity contribution in [3.63, 3.8) is 0 Å². The molecule has 6 heteroatoms. The molecule has 5 nitrogen and oxygen atoms in total.